The first-order valence-corrected chi connectivity index (χ1v) is 7.95. The lowest BCUT2D eigenvalue weighted by atomic mass is 10.2. The summed E-state index contributed by atoms with van der Waals surface area (Å²) < 4.78 is 7.66. The molecule has 0 saturated carbocycles. The maximum absolute atomic E-state index is 11.0. The number of halogens is 1. The van der Waals surface area contributed by atoms with E-state index in [4.69, 9.17) is 4.74 Å². The zero-order chi connectivity index (χ0) is 16.8. The van der Waals surface area contributed by atoms with Crippen LogP contribution in [0.2, 0.25) is 0 Å². The second kappa shape index (κ2) is 9.44. The summed E-state index contributed by atoms with van der Waals surface area (Å²) >= 11 is 0. The smallest absolute Gasteiger partial charge is 0.270 e. The number of rotatable bonds is 9. The lowest BCUT2D eigenvalue weighted by Gasteiger charge is -2.09. The summed E-state index contributed by atoms with van der Waals surface area (Å²) in [5.41, 5.74) is 0.942. The number of aromatic nitrogens is 2. The van der Waals surface area contributed by atoms with Crippen LogP contribution in [0.15, 0.2) is 18.2 Å². The number of benzene rings is 1. The van der Waals surface area contributed by atoms with Crippen molar-refractivity contribution in [3.05, 3.63) is 28.3 Å². The predicted molar refractivity (Wildman–Crippen MR) is 97.2 cm³/mol. The summed E-state index contributed by atoms with van der Waals surface area (Å²) in [4.78, 5) is 12.7. The van der Waals surface area contributed by atoms with Gasteiger partial charge in [0.15, 0.2) is 0 Å². The second-order valence-electron chi connectivity index (χ2n) is 5.85. The van der Waals surface area contributed by atoms with Crippen molar-refractivity contribution in [1.82, 2.24) is 14.7 Å². The molecule has 0 amide bonds. The van der Waals surface area contributed by atoms with E-state index in [2.05, 4.69) is 16.9 Å². The Morgan fingerprint density at radius 3 is 2.71 bits per heavy atom. The van der Waals surface area contributed by atoms with E-state index in [1.54, 1.807) is 12.1 Å². The van der Waals surface area contributed by atoms with Gasteiger partial charge in [-0.3, -0.25) is 14.8 Å². The third-order valence-electron chi connectivity index (χ3n) is 3.62. The van der Waals surface area contributed by atoms with Crippen LogP contribution in [0.5, 0.6) is 5.88 Å². The van der Waals surface area contributed by atoms with Crippen LogP contribution in [-0.4, -0.2) is 46.9 Å². The fraction of sp³-hybridized carbons (Fsp3) is 0.562. The van der Waals surface area contributed by atoms with Crippen molar-refractivity contribution in [3.8, 4) is 5.88 Å². The molecule has 1 aromatic carbocycles. The third kappa shape index (κ3) is 5.07. The molecule has 1 heterocycles. The molecule has 0 fully saturated rings. The lowest BCUT2D eigenvalue weighted by molar-refractivity contribution is -0.384. The highest BCUT2D eigenvalue weighted by molar-refractivity contribution is 5.86. The van der Waals surface area contributed by atoms with Crippen LogP contribution in [0.1, 0.15) is 26.2 Å². The minimum Gasteiger partial charge on any atom is -0.476 e. The van der Waals surface area contributed by atoms with E-state index in [-0.39, 0.29) is 18.1 Å². The molecule has 2 rings (SSSR count). The summed E-state index contributed by atoms with van der Waals surface area (Å²) in [6, 6.07) is 4.82. The van der Waals surface area contributed by atoms with E-state index in [1.165, 1.54) is 6.07 Å². The standard InChI is InChI=1S/C16H24N4O3.ClH/c1-4-5-10-19-15-8-7-13(20(21)22)12-14(15)16(17-19)23-11-6-9-18(2)3;/h7-8,12H,4-6,9-11H2,1-3H3;1H. The molecule has 0 aliphatic carbocycles. The number of nitro groups is 1. The van der Waals surface area contributed by atoms with Gasteiger partial charge >= 0.3 is 0 Å². The van der Waals surface area contributed by atoms with Gasteiger partial charge in [0.05, 0.1) is 22.4 Å². The normalized spacial score (nSPS) is 10.8. The van der Waals surface area contributed by atoms with Gasteiger partial charge in [-0.15, -0.1) is 17.5 Å². The number of hydrogen-bond donors (Lipinski definition) is 0. The first-order chi connectivity index (χ1) is 11.0. The Bertz CT molecular complexity index is 673. The van der Waals surface area contributed by atoms with Crippen molar-refractivity contribution in [2.45, 2.75) is 32.7 Å². The van der Waals surface area contributed by atoms with Crippen LogP contribution in [0.25, 0.3) is 10.9 Å². The Labute approximate surface area is 148 Å². The third-order valence-corrected chi connectivity index (χ3v) is 3.62. The van der Waals surface area contributed by atoms with Crippen molar-refractivity contribution in [2.75, 3.05) is 27.2 Å². The molecule has 0 spiro atoms. The maximum atomic E-state index is 11.0. The average molecular weight is 357 g/mol. The molecule has 0 aliphatic heterocycles. The summed E-state index contributed by atoms with van der Waals surface area (Å²) in [7, 11) is 4.02. The first kappa shape index (κ1) is 20.2. The SMILES string of the molecule is CCCCn1nc(OCCCN(C)C)c2cc([N+](=O)[O-])ccc21.Cl. The average Bonchev–Trinajstić information content (AvgIpc) is 2.86. The molecule has 24 heavy (non-hydrogen) atoms. The van der Waals surface area contributed by atoms with Crippen molar-refractivity contribution in [3.63, 3.8) is 0 Å². The second-order valence-corrected chi connectivity index (χ2v) is 5.85. The highest BCUT2D eigenvalue weighted by Crippen LogP contribution is 2.29. The summed E-state index contributed by atoms with van der Waals surface area (Å²) in [5.74, 6) is 0.485. The van der Waals surface area contributed by atoms with Gasteiger partial charge in [0.25, 0.3) is 5.69 Å². The van der Waals surface area contributed by atoms with Crippen LogP contribution in [0.3, 0.4) is 0 Å². The van der Waals surface area contributed by atoms with Gasteiger partial charge in [-0.2, -0.15) is 0 Å². The Kier molecular flexibility index (Phi) is 7.94. The Hall–Kier alpha value is -1.86. The molecule has 0 atom stereocenters. The molecule has 0 radical (unpaired) electrons. The highest BCUT2D eigenvalue weighted by atomic mass is 35.5. The Morgan fingerprint density at radius 1 is 1.33 bits per heavy atom. The van der Waals surface area contributed by atoms with Crippen LogP contribution < -0.4 is 4.74 Å². The molecule has 0 N–H and O–H groups in total. The number of fused-ring (bicyclic) bond motifs is 1. The molecule has 2 aromatic rings. The van der Waals surface area contributed by atoms with Crippen LogP contribution >= 0.6 is 12.4 Å². The summed E-state index contributed by atoms with van der Waals surface area (Å²) in [5, 5.41) is 16.2. The summed E-state index contributed by atoms with van der Waals surface area (Å²) in [6.07, 6.45) is 2.95. The Morgan fingerprint density at radius 2 is 2.08 bits per heavy atom. The van der Waals surface area contributed by atoms with Gasteiger partial charge in [-0.05, 0) is 33.0 Å². The van der Waals surface area contributed by atoms with Crippen molar-refractivity contribution >= 4 is 29.0 Å². The number of hydrogen-bond acceptors (Lipinski definition) is 5. The van der Waals surface area contributed by atoms with E-state index < -0.39 is 4.92 Å². The fourth-order valence-electron chi connectivity index (χ4n) is 2.39. The number of unbranched alkanes of at least 4 members (excludes halogenated alkanes) is 1. The molecule has 8 heteroatoms. The molecule has 7 nitrogen and oxygen atoms in total. The zero-order valence-electron chi connectivity index (χ0n) is 14.4. The molecule has 1 aromatic heterocycles. The summed E-state index contributed by atoms with van der Waals surface area (Å²) in [6.45, 7) is 4.37. The minimum atomic E-state index is -0.390. The molecule has 0 saturated heterocycles. The molecule has 0 bridgehead atoms. The number of ether oxygens (including phenoxy) is 1. The van der Waals surface area contributed by atoms with Crippen molar-refractivity contribution in [1.29, 1.82) is 0 Å². The topological polar surface area (TPSA) is 73.4 Å². The highest BCUT2D eigenvalue weighted by Gasteiger charge is 2.16. The number of aryl methyl sites for hydroxylation is 1. The van der Waals surface area contributed by atoms with E-state index in [1.807, 2.05) is 18.8 Å². The van der Waals surface area contributed by atoms with E-state index in [0.717, 1.165) is 37.9 Å². The van der Waals surface area contributed by atoms with E-state index in [0.29, 0.717) is 17.9 Å². The number of non-ortho nitro benzene ring substituents is 1. The van der Waals surface area contributed by atoms with Gasteiger partial charge in [-0.25, -0.2) is 0 Å². The van der Waals surface area contributed by atoms with Gasteiger partial charge in [-0.1, -0.05) is 13.3 Å². The van der Waals surface area contributed by atoms with Crippen LogP contribution in [-0.2, 0) is 6.54 Å². The zero-order valence-corrected chi connectivity index (χ0v) is 15.2. The maximum Gasteiger partial charge on any atom is 0.270 e. The molecule has 0 unspecified atom stereocenters. The quantitative estimate of drug-likeness (QED) is 0.390. The van der Waals surface area contributed by atoms with Crippen LogP contribution in [0, 0.1) is 10.1 Å². The molecule has 134 valence electrons. The number of nitro benzene ring substituents is 1. The van der Waals surface area contributed by atoms with Gasteiger partial charge < -0.3 is 9.64 Å². The predicted octanol–water partition coefficient (Wildman–Crippen LogP) is 3.50. The minimum absolute atomic E-state index is 0. The molecular weight excluding hydrogens is 332 g/mol. The molecular formula is C16H25ClN4O3. The van der Waals surface area contributed by atoms with Gasteiger partial charge in [0.2, 0.25) is 5.88 Å². The first-order valence-electron chi connectivity index (χ1n) is 7.95. The lowest BCUT2D eigenvalue weighted by Crippen LogP contribution is -2.15. The molecule has 0 aliphatic rings. The van der Waals surface area contributed by atoms with Gasteiger partial charge in [0.1, 0.15) is 0 Å². The monoisotopic (exact) mass is 356 g/mol. The van der Waals surface area contributed by atoms with Gasteiger partial charge in [0, 0.05) is 25.2 Å². The Balaban J connectivity index is 0.00000288. The number of nitrogens with zero attached hydrogens (tertiary/aromatic N) is 4. The van der Waals surface area contributed by atoms with E-state index in [9.17, 15) is 10.1 Å². The van der Waals surface area contributed by atoms with Crippen molar-refractivity contribution < 1.29 is 9.66 Å². The van der Waals surface area contributed by atoms with E-state index >= 15 is 0 Å². The van der Waals surface area contributed by atoms with Crippen molar-refractivity contribution in [2.24, 2.45) is 0 Å². The largest absolute Gasteiger partial charge is 0.476 e. The van der Waals surface area contributed by atoms with Crippen LogP contribution in [0.4, 0.5) is 5.69 Å². The fourth-order valence-corrected chi connectivity index (χ4v) is 2.39.